The number of anilines is 1. The molecule has 4 saturated carbocycles. The average molecular weight is 369 g/mol. The number of carboxylic acid groups (broad SMARTS) is 1. The molecule has 1 aromatic rings. The fraction of sp³-hybridized carbons (Fsp3) is 0.524. The van der Waals surface area contributed by atoms with E-state index in [1.54, 1.807) is 0 Å². The van der Waals surface area contributed by atoms with Gasteiger partial charge in [-0.1, -0.05) is 24.3 Å². The first kappa shape index (κ1) is 16.3. The molecule has 4 fully saturated rings. The molecule has 136 valence electrons. The van der Waals surface area contributed by atoms with Crippen molar-refractivity contribution in [2.75, 3.05) is 5.32 Å². The zero-order valence-electron chi connectivity index (χ0n) is 14.6. The molecule has 0 spiro atoms. The zero-order valence-corrected chi connectivity index (χ0v) is 15.4. The van der Waals surface area contributed by atoms with E-state index in [1.807, 2.05) is 5.38 Å². The van der Waals surface area contributed by atoms with E-state index < -0.39 is 5.97 Å². The Morgan fingerprint density at radius 1 is 1.12 bits per heavy atom. The predicted molar refractivity (Wildman–Crippen MR) is 102 cm³/mol. The molecule has 0 radical (unpaired) electrons. The quantitative estimate of drug-likeness (QED) is 0.800. The first-order valence-electron chi connectivity index (χ1n) is 9.57. The highest BCUT2D eigenvalue weighted by Crippen LogP contribution is 2.64. The topological polar surface area (TPSA) is 66.4 Å². The summed E-state index contributed by atoms with van der Waals surface area (Å²) in [5.74, 6) is 1.18. The number of thiophene rings is 1. The molecule has 5 aliphatic rings. The summed E-state index contributed by atoms with van der Waals surface area (Å²) in [7, 11) is 0. The van der Waals surface area contributed by atoms with Gasteiger partial charge in [0.15, 0.2) is 0 Å². The van der Waals surface area contributed by atoms with Crippen molar-refractivity contribution in [1.82, 2.24) is 0 Å². The van der Waals surface area contributed by atoms with Gasteiger partial charge in [0.05, 0.1) is 11.0 Å². The number of carboxylic acids is 1. The second-order valence-corrected chi connectivity index (χ2v) is 9.40. The van der Waals surface area contributed by atoms with Crippen LogP contribution in [0.3, 0.4) is 0 Å². The van der Waals surface area contributed by atoms with Crippen molar-refractivity contribution in [2.24, 2.45) is 23.2 Å². The predicted octanol–water partition coefficient (Wildman–Crippen LogP) is 4.81. The highest BCUT2D eigenvalue weighted by atomic mass is 32.1. The van der Waals surface area contributed by atoms with Crippen LogP contribution in [0, 0.1) is 23.2 Å². The maximum Gasteiger partial charge on any atom is 0.339 e. The SMILES string of the molecule is O=C(O)c1c(C2CCC3C=CC=CC3C2)csc1NC(=O)C12CC(C1)C2. The monoisotopic (exact) mass is 369 g/mol. The minimum atomic E-state index is -0.921. The first-order valence-corrected chi connectivity index (χ1v) is 10.4. The summed E-state index contributed by atoms with van der Waals surface area (Å²) in [5, 5.41) is 15.3. The number of allylic oxidation sites excluding steroid dienone is 4. The maximum absolute atomic E-state index is 12.6. The molecule has 6 rings (SSSR count). The largest absolute Gasteiger partial charge is 0.478 e. The summed E-state index contributed by atoms with van der Waals surface area (Å²) in [5.41, 5.74) is 1.05. The molecular formula is C21H23NO3S. The highest BCUT2D eigenvalue weighted by Gasteiger charge is 2.61. The number of aromatic carboxylic acids is 1. The molecule has 2 bridgehead atoms. The second-order valence-electron chi connectivity index (χ2n) is 8.52. The second kappa shape index (κ2) is 5.81. The smallest absolute Gasteiger partial charge is 0.339 e. The van der Waals surface area contributed by atoms with Gasteiger partial charge in [-0.25, -0.2) is 4.79 Å². The first-order chi connectivity index (χ1) is 12.6. The Labute approximate surface area is 157 Å². The van der Waals surface area contributed by atoms with Crippen LogP contribution in [0.15, 0.2) is 29.7 Å². The van der Waals surface area contributed by atoms with E-state index in [2.05, 4.69) is 29.6 Å². The van der Waals surface area contributed by atoms with Crippen LogP contribution in [-0.4, -0.2) is 17.0 Å². The van der Waals surface area contributed by atoms with Crippen LogP contribution in [0.5, 0.6) is 0 Å². The molecule has 1 amide bonds. The third kappa shape index (κ3) is 2.40. The van der Waals surface area contributed by atoms with Gasteiger partial charge in [-0.2, -0.15) is 0 Å². The lowest BCUT2D eigenvalue weighted by Gasteiger charge is -2.60. The molecule has 0 aliphatic heterocycles. The lowest BCUT2D eigenvalue weighted by molar-refractivity contribution is -0.158. The summed E-state index contributed by atoms with van der Waals surface area (Å²) in [6, 6.07) is 0. The van der Waals surface area contributed by atoms with Gasteiger partial charge >= 0.3 is 5.97 Å². The zero-order chi connectivity index (χ0) is 17.9. The van der Waals surface area contributed by atoms with Crippen molar-refractivity contribution in [1.29, 1.82) is 0 Å². The number of fused-ring (bicyclic) bond motifs is 1. The van der Waals surface area contributed by atoms with Gasteiger partial charge in [0.1, 0.15) is 5.00 Å². The van der Waals surface area contributed by atoms with Gasteiger partial charge in [-0.05, 0) is 73.1 Å². The van der Waals surface area contributed by atoms with Crippen LogP contribution in [0.4, 0.5) is 5.00 Å². The molecule has 1 heterocycles. The Hall–Kier alpha value is -1.88. The van der Waals surface area contributed by atoms with Crippen LogP contribution < -0.4 is 5.32 Å². The number of hydrogen-bond donors (Lipinski definition) is 2. The van der Waals surface area contributed by atoms with Crippen molar-refractivity contribution >= 4 is 28.2 Å². The van der Waals surface area contributed by atoms with Crippen molar-refractivity contribution < 1.29 is 14.7 Å². The van der Waals surface area contributed by atoms with Crippen LogP contribution >= 0.6 is 11.3 Å². The van der Waals surface area contributed by atoms with Crippen LogP contribution in [0.1, 0.15) is 60.4 Å². The molecule has 3 unspecified atom stereocenters. The lowest BCUT2D eigenvalue weighted by Crippen LogP contribution is -2.58. The van der Waals surface area contributed by atoms with E-state index in [4.69, 9.17) is 0 Å². The van der Waals surface area contributed by atoms with Gasteiger partial charge in [0.25, 0.3) is 0 Å². The molecule has 1 aromatic heterocycles. The number of carbonyl (C=O) groups excluding carboxylic acids is 1. The summed E-state index contributed by atoms with van der Waals surface area (Å²) in [4.78, 5) is 24.6. The average Bonchev–Trinajstić information content (AvgIpc) is 2.95. The number of amides is 1. The van der Waals surface area contributed by atoms with Crippen molar-refractivity contribution in [3.63, 3.8) is 0 Å². The van der Waals surface area contributed by atoms with Gasteiger partial charge in [0.2, 0.25) is 5.91 Å². The molecular weight excluding hydrogens is 346 g/mol. The fourth-order valence-corrected chi connectivity index (χ4v) is 6.39. The van der Waals surface area contributed by atoms with Gasteiger partial charge in [-0.15, -0.1) is 11.3 Å². The summed E-state index contributed by atoms with van der Waals surface area (Å²) < 4.78 is 0. The van der Waals surface area contributed by atoms with E-state index in [0.717, 1.165) is 50.0 Å². The summed E-state index contributed by atoms with van der Waals surface area (Å²) >= 11 is 1.38. The molecule has 4 nitrogen and oxygen atoms in total. The van der Waals surface area contributed by atoms with Crippen LogP contribution in [0.2, 0.25) is 0 Å². The van der Waals surface area contributed by atoms with Crippen LogP contribution in [0.25, 0.3) is 0 Å². The van der Waals surface area contributed by atoms with Crippen molar-refractivity contribution in [2.45, 2.75) is 44.4 Å². The standard InChI is InChI=1S/C21H23NO3S/c23-19(24)17-16(15-6-5-13-3-1-2-4-14(13)7-15)11-26-18(17)22-20(25)21-8-12(9-21)10-21/h1-4,11-15H,5-10H2,(H,22,25)(H,23,24). The van der Waals surface area contributed by atoms with E-state index in [1.165, 1.54) is 11.3 Å². The third-order valence-electron chi connectivity index (χ3n) is 7.00. The van der Waals surface area contributed by atoms with Crippen molar-refractivity contribution in [3.05, 3.63) is 40.8 Å². The summed E-state index contributed by atoms with van der Waals surface area (Å²) in [6.45, 7) is 0. The number of nitrogens with one attached hydrogen (secondary N) is 1. The van der Waals surface area contributed by atoms with E-state index in [9.17, 15) is 14.7 Å². The lowest BCUT2D eigenvalue weighted by atomic mass is 9.44. The molecule has 2 N–H and O–H groups in total. The molecule has 0 saturated heterocycles. The Morgan fingerprint density at radius 3 is 2.50 bits per heavy atom. The Bertz CT molecular complexity index is 819. The Morgan fingerprint density at radius 2 is 1.85 bits per heavy atom. The fourth-order valence-electron chi connectivity index (χ4n) is 5.36. The molecule has 5 heteroatoms. The minimum absolute atomic E-state index is 0.0277. The van der Waals surface area contributed by atoms with Crippen LogP contribution in [-0.2, 0) is 4.79 Å². The normalized spacial score (nSPS) is 36.6. The van der Waals surface area contributed by atoms with E-state index in [-0.39, 0.29) is 17.2 Å². The molecule has 0 aromatic carbocycles. The molecule has 26 heavy (non-hydrogen) atoms. The molecule has 3 atom stereocenters. The number of carbonyl (C=O) groups is 2. The van der Waals surface area contributed by atoms with E-state index in [0.29, 0.717) is 22.4 Å². The highest BCUT2D eigenvalue weighted by molar-refractivity contribution is 7.15. The minimum Gasteiger partial charge on any atom is -0.478 e. The number of rotatable bonds is 4. The van der Waals surface area contributed by atoms with Gasteiger partial charge in [0, 0.05) is 0 Å². The van der Waals surface area contributed by atoms with Gasteiger partial charge in [-0.3, -0.25) is 4.79 Å². The van der Waals surface area contributed by atoms with E-state index >= 15 is 0 Å². The Balaban J connectivity index is 1.38. The number of hydrogen-bond acceptors (Lipinski definition) is 3. The summed E-state index contributed by atoms with van der Waals surface area (Å²) in [6.07, 6.45) is 14.8. The maximum atomic E-state index is 12.6. The molecule has 5 aliphatic carbocycles. The Kier molecular flexibility index (Phi) is 3.64. The third-order valence-corrected chi connectivity index (χ3v) is 7.92. The van der Waals surface area contributed by atoms with Crippen molar-refractivity contribution in [3.8, 4) is 0 Å². The van der Waals surface area contributed by atoms with Gasteiger partial charge < -0.3 is 10.4 Å².